The monoisotopic (exact) mass is 291 g/mol. The first kappa shape index (κ1) is 18.1. The third-order valence-corrected chi connectivity index (χ3v) is 3.76. The van der Waals surface area contributed by atoms with E-state index in [-0.39, 0.29) is 0 Å². The molecule has 3 heteroatoms. The first-order valence-electron chi connectivity index (χ1n) is 8.04. The summed E-state index contributed by atoms with van der Waals surface area (Å²) in [5.41, 5.74) is 2.81. The fourth-order valence-electron chi connectivity index (χ4n) is 2.24. The molecule has 1 atom stereocenters. The summed E-state index contributed by atoms with van der Waals surface area (Å²) in [7, 11) is 6.43. The van der Waals surface area contributed by atoms with Gasteiger partial charge in [0.15, 0.2) is 0 Å². The maximum Gasteiger partial charge on any atom is 0.0231 e. The molecule has 0 aromatic heterocycles. The van der Waals surface area contributed by atoms with Crippen molar-refractivity contribution in [1.29, 1.82) is 0 Å². The van der Waals surface area contributed by atoms with Gasteiger partial charge < -0.3 is 15.1 Å². The van der Waals surface area contributed by atoms with E-state index in [1.165, 1.54) is 11.1 Å². The highest BCUT2D eigenvalue weighted by Crippen LogP contribution is 2.16. The minimum absolute atomic E-state index is 0.553. The van der Waals surface area contributed by atoms with Gasteiger partial charge in [0.25, 0.3) is 0 Å². The Morgan fingerprint density at radius 3 is 2.10 bits per heavy atom. The van der Waals surface area contributed by atoms with E-state index in [4.69, 9.17) is 0 Å². The van der Waals surface area contributed by atoms with E-state index in [1.54, 1.807) is 0 Å². The summed E-state index contributed by atoms with van der Waals surface area (Å²) in [6.45, 7) is 10.9. The Hall–Kier alpha value is -0.900. The first-order chi connectivity index (χ1) is 9.88. The summed E-state index contributed by atoms with van der Waals surface area (Å²) < 4.78 is 0. The highest BCUT2D eigenvalue weighted by molar-refractivity contribution is 5.25. The molecule has 0 aliphatic carbocycles. The maximum absolute atomic E-state index is 3.50. The molecule has 0 heterocycles. The molecule has 1 rings (SSSR count). The number of nitrogens with zero attached hydrogens (tertiary/aromatic N) is 2. The number of nitrogens with one attached hydrogen (secondary N) is 1. The van der Waals surface area contributed by atoms with Gasteiger partial charge in [-0.15, -0.1) is 0 Å². The largest absolute Gasteiger partial charge is 0.314 e. The van der Waals surface area contributed by atoms with E-state index < -0.39 is 0 Å². The van der Waals surface area contributed by atoms with Gasteiger partial charge in [-0.1, -0.05) is 45.0 Å². The predicted molar refractivity (Wildman–Crippen MR) is 92.9 cm³/mol. The minimum atomic E-state index is 0.553. The van der Waals surface area contributed by atoms with Crippen molar-refractivity contribution < 1.29 is 0 Å². The molecule has 21 heavy (non-hydrogen) atoms. The topological polar surface area (TPSA) is 18.5 Å². The van der Waals surface area contributed by atoms with E-state index in [2.05, 4.69) is 81.3 Å². The lowest BCUT2D eigenvalue weighted by Gasteiger charge is -2.20. The summed E-state index contributed by atoms with van der Waals surface area (Å²) in [4.78, 5) is 4.60. The van der Waals surface area contributed by atoms with Gasteiger partial charge in [-0.2, -0.15) is 0 Å². The zero-order valence-corrected chi connectivity index (χ0v) is 14.7. The average Bonchev–Trinajstić information content (AvgIpc) is 2.43. The van der Waals surface area contributed by atoms with Gasteiger partial charge in [-0.25, -0.2) is 0 Å². The molecule has 3 nitrogen and oxygen atoms in total. The van der Waals surface area contributed by atoms with E-state index in [0.29, 0.717) is 12.0 Å². The van der Waals surface area contributed by atoms with Crippen LogP contribution in [0.25, 0.3) is 0 Å². The number of likely N-dealkylation sites (N-methyl/N-ethyl adjacent to an activating group) is 2. The van der Waals surface area contributed by atoms with Crippen LogP contribution in [0.2, 0.25) is 0 Å². The highest BCUT2D eigenvalue weighted by Gasteiger charge is 2.07. The SMILES string of the molecule is CC(C)NCC(C)c1ccc(CN(C)CCN(C)C)cc1. The zero-order valence-electron chi connectivity index (χ0n) is 14.7. The molecule has 0 saturated carbocycles. The second kappa shape index (κ2) is 9.19. The third-order valence-electron chi connectivity index (χ3n) is 3.76. The van der Waals surface area contributed by atoms with Gasteiger partial charge in [-0.05, 0) is 38.2 Å². The van der Waals surface area contributed by atoms with Crippen molar-refractivity contribution in [2.45, 2.75) is 39.3 Å². The zero-order chi connectivity index (χ0) is 15.8. The first-order valence-corrected chi connectivity index (χ1v) is 8.04. The molecule has 0 fully saturated rings. The average molecular weight is 291 g/mol. The molecule has 0 bridgehead atoms. The van der Waals surface area contributed by atoms with Crippen LogP contribution < -0.4 is 5.32 Å². The standard InChI is InChI=1S/C18H33N3/c1-15(2)19-13-16(3)18-9-7-17(8-10-18)14-21(6)12-11-20(4)5/h7-10,15-16,19H,11-14H2,1-6H3. The van der Waals surface area contributed by atoms with Crippen molar-refractivity contribution >= 4 is 0 Å². The summed E-state index contributed by atoms with van der Waals surface area (Å²) in [6.07, 6.45) is 0. The lowest BCUT2D eigenvalue weighted by molar-refractivity contribution is 0.276. The second-order valence-corrected chi connectivity index (χ2v) is 6.75. The normalized spacial score (nSPS) is 13.4. The molecule has 1 unspecified atom stereocenters. The quantitative estimate of drug-likeness (QED) is 0.755. The van der Waals surface area contributed by atoms with Crippen LogP contribution in [0.4, 0.5) is 0 Å². The molecule has 120 valence electrons. The van der Waals surface area contributed by atoms with Crippen molar-refractivity contribution in [3.8, 4) is 0 Å². The predicted octanol–water partition coefficient (Wildman–Crippen LogP) is 2.78. The third kappa shape index (κ3) is 7.60. The van der Waals surface area contributed by atoms with Crippen molar-refractivity contribution in [3.05, 3.63) is 35.4 Å². The van der Waals surface area contributed by atoms with Crippen molar-refractivity contribution in [2.24, 2.45) is 0 Å². The van der Waals surface area contributed by atoms with E-state index in [9.17, 15) is 0 Å². The van der Waals surface area contributed by atoms with Crippen LogP contribution in [-0.4, -0.2) is 56.6 Å². The molecule has 0 radical (unpaired) electrons. The molecule has 1 aromatic carbocycles. The molecule has 0 aliphatic heterocycles. The lowest BCUT2D eigenvalue weighted by Crippen LogP contribution is -2.28. The Bertz CT molecular complexity index is 384. The molecule has 0 amide bonds. The van der Waals surface area contributed by atoms with Crippen LogP contribution in [0, 0.1) is 0 Å². The Morgan fingerprint density at radius 1 is 0.952 bits per heavy atom. The molecule has 0 aliphatic rings. The molecular formula is C18H33N3. The van der Waals surface area contributed by atoms with E-state index >= 15 is 0 Å². The number of hydrogen-bond donors (Lipinski definition) is 1. The minimum Gasteiger partial charge on any atom is -0.314 e. The van der Waals surface area contributed by atoms with Crippen LogP contribution in [0.1, 0.15) is 37.8 Å². The summed E-state index contributed by atoms with van der Waals surface area (Å²) in [5.74, 6) is 0.563. The van der Waals surface area contributed by atoms with Crippen LogP contribution >= 0.6 is 0 Å². The maximum atomic E-state index is 3.50. The van der Waals surface area contributed by atoms with Crippen molar-refractivity contribution in [3.63, 3.8) is 0 Å². The van der Waals surface area contributed by atoms with Crippen LogP contribution in [0.15, 0.2) is 24.3 Å². The molecule has 1 aromatic rings. The Balaban J connectivity index is 2.46. The fourth-order valence-corrected chi connectivity index (χ4v) is 2.24. The van der Waals surface area contributed by atoms with Crippen molar-refractivity contribution in [1.82, 2.24) is 15.1 Å². The lowest BCUT2D eigenvalue weighted by atomic mass is 9.99. The van der Waals surface area contributed by atoms with Gasteiger partial charge >= 0.3 is 0 Å². The Kier molecular flexibility index (Phi) is 7.94. The van der Waals surface area contributed by atoms with E-state index in [1.807, 2.05) is 0 Å². The molecule has 0 saturated heterocycles. The van der Waals surface area contributed by atoms with Gasteiger partial charge in [0.2, 0.25) is 0 Å². The van der Waals surface area contributed by atoms with Gasteiger partial charge in [0.05, 0.1) is 0 Å². The molecule has 0 spiro atoms. The van der Waals surface area contributed by atoms with E-state index in [0.717, 1.165) is 26.2 Å². The number of benzene rings is 1. The van der Waals surface area contributed by atoms with Crippen LogP contribution in [-0.2, 0) is 6.54 Å². The Labute approximate surface area is 131 Å². The molecular weight excluding hydrogens is 258 g/mol. The number of rotatable bonds is 9. The van der Waals surface area contributed by atoms with Crippen LogP contribution in [0.5, 0.6) is 0 Å². The van der Waals surface area contributed by atoms with Gasteiger partial charge in [-0.3, -0.25) is 0 Å². The van der Waals surface area contributed by atoms with Crippen LogP contribution in [0.3, 0.4) is 0 Å². The smallest absolute Gasteiger partial charge is 0.0231 e. The Morgan fingerprint density at radius 2 is 1.57 bits per heavy atom. The summed E-state index contributed by atoms with van der Waals surface area (Å²) in [5, 5.41) is 3.50. The summed E-state index contributed by atoms with van der Waals surface area (Å²) in [6, 6.07) is 9.65. The fraction of sp³-hybridized carbons (Fsp3) is 0.667. The summed E-state index contributed by atoms with van der Waals surface area (Å²) >= 11 is 0. The van der Waals surface area contributed by atoms with Gasteiger partial charge in [0, 0.05) is 32.2 Å². The second-order valence-electron chi connectivity index (χ2n) is 6.75. The molecule has 1 N–H and O–H groups in total. The van der Waals surface area contributed by atoms with Crippen molar-refractivity contribution in [2.75, 3.05) is 40.8 Å². The highest BCUT2D eigenvalue weighted by atomic mass is 15.1. The van der Waals surface area contributed by atoms with Gasteiger partial charge in [0.1, 0.15) is 0 Å². The number of hydrogen-bond acceptors (Lipinski definition) is 3.